The molecule has 160 valence electrons. The summed E-state index contributed by atoms with van der Waals surface area (Å²) >= 11 is 0. The zero-order chi connectivity index (χ0) is 20.8. The van der Waals surface area contributed by atoms with Gasteiger partial charge in [-0.1, -0.05) is 12.8 Å². The molecular formula is C20H32O8. The quantitative estimate of drug-likeness (QED) is 0.451. The van der Waals surface area contributed by atoms with Crippen LogP contribution in [0.2, 0.25) is 0 Å². The number of carbonyl (C=O) groups excluding carboxylic acids is 4. The fraction of sp³-hybridized carbons (Fsp3) is 0.800. The molecule has 0 saturated carbocycles. The van der Waals surface area contributed by atoms with E-state index in [-0.39, 0.29) is 62.8 Å². The first kappa shape index (κ1) is 23.9. The van der Waals surface area contributed by atoms with Crippen molar-refractivity contribution in [3.05, 3.63) is 0 Å². The molecule has 0 radical (unpaired) electrons. The molecule has 0 aliphatic carbocycles. The van der Waals surface area contributed by atoms with Crippen LogP contribution in [0.4, 0.5) is 0 Å². The number of carbonyl (C=O) groups is 4. The molecule has 0 bridgehead atoms. The van der Waals surface area contributed by atoms with Gasteiger partial charge in [-0.25, -0.2) is 0 Å². The molecule has 0 spiro atoms. The van der Waals surface area contributed by atoms with E-state index < -0.39 is 12.2 Å². The fourth-order valence-corrected chi connectivity index (χ4v) is 2.63. The molecule has 8 nitrogen and oxygen atoms in total. The summed E-state index contributed by atoms with van der Waals surface area (Å²) in [5.74, 6) is -1.38. The Morgan fingerprint density at radius 3 is 1.21 bits per heavy atom. The van der Waals surface area contributed by atoms with Gasteiger partial charge >= 0.3 is 23.9 Å². The van der Waals surface area contributed by atoms with Crippen LogP contribution in [0.1, 0.15) is 78.1 Å². The van der Waals surface area contributed by atoms with Crippen LogP contribution in [-0.4, -0.2) is 49.3 Å². The maximum Gasteiger partial charge on any atom is 0.306 e. The first-order chi connectivity index (χ1) is 13.4. The molecule has 0 unspecified atom stereocenters. The van der Waals surface area contributed by atoms with Crippen LogP contribution in [0.3, 0.4) is 0 Å². The fourth-order valence-electron chi connectivity index (χ4n) is 2.63. The molecule has 1 fully saturated rings. The standard InChI is InChI=1S/C20H32O8/c1-15-13-25-17(21)9-5-4-8-12-20(24)28-16(2)14-26-18(22)10-6-3-7-11-19(23)27-15/h15-16H,3-14H2,1-2H3/t15-,16+. The normalized spacial score (nSPS) is 25.9. The van der Waals surface area contributed by atoms with Crippen LogP contribution in [0.5, 0.6) is 0 Å². The summed E-state index contributed by atoms with van der Waals surface area (Å²) in [6.07, 6.45) is 3.81. The molecule has 8 heteroatoms. The lowest BCUT2D eigenvalue weighted by molar-refractivity contribution is -0.158. The predicted molar refractivity (Wildman–Crippen MR) is 99.2 cm³/mol. The molecule has 1 saturated heterocycles. The van der Waals surface area contributed by atoms with Crippen molar-refractivity contribution in [3.8, 4) is 0 Å². The zero-order valence-electron chi connectivity index (χ0n) is 16.9. The van der Waals surface area contributed by atoms with Gasteiger partial charge in [-0.2, -0.15) is 0 Å². The molecule has 0 aromatic carbocycles. The van der Waals surface area contributed by atoms with Crippen molar-refractivity contribution >= 4 is 23.9 Å². The second-order valence-electron chi connectivity index (χ2n) is 7.09. The van der Waals surface area contributed by atoms with Gasteiger partial charge in [0.25, 0.3) is 0 Å². The molecule has 28 heavy (non-hydrogen) atoms. The number of hydrogen-bond donors (Lipinski definition) is 0. The van der Waals surface area contributed by atoms with E-state index in [2.05, 4.69) is 0 Å². The summed E-state index contributed by atoms with van der Waals surface area (Å²) in [4.78, 5) is 46.9. The van der Waals surface area contributed by atoms with E-state index in [9.17, 15) is 19.2 Å². The van der Waals surface area contributed by atoms with E-state index in [4.69, 9.17) is 18.9 Å². The predicted octanol–water partition coefficient (Wildman–Crippen LogP) is 2.85. The minimum absolute atomic E-state index is 0.0284. The Balaban J connectivity index is 2.45. The highest BCUT2D eigenvalue weighted by Gasteiger charge is 2.14. The van der Waals surface area contributed by atoms with E-state index >= 15 is 0 Å². The van der Waals surface area contributed by atoms with Crippen molar-refractivity contribution < 1.29 is 38.1 Å². The molecule has 0 aromatic heterocycles. The molecule has 1 heterocycles. The van der Waals surface area contributed by atoms with Crippen LogP contribution in [0.25, 0.3) is 0 Å². The average molecular weight is 400 g/mol. The van der Waals surface area contributed by atoms with Gasteiger partial charge in [0.2, 0.25) is 0 Å². The third-order valence-electron chi connectivity index (χ3n) is 4.15. The van der Waals surface area contributed by atoms with Gasteiger partial charge in [0.1, 0.15) is 25.4 Å². The molecular weight excluding hydrogens is 368 g/mol. The van der Waals surface area contributed by atoms with Crippen molar-refractivity contribution in [2.75, 3.05) is 13.2 Å². The summed E-state index contributed by atoms with van der Waals surface area (Å²) in [6, 6.07) is 0. The molecule has 0 aromatic rings. The van der Waals surface area contributed by atoms with Crippen molar-refractivity contribution in [2.45, 2.75) is 90.3 Å². The SMILES string of the molecule is C[C@@H]1COC(=O)CCCCCC(=O)O[C@@H](C)COC(=O)CCCCCC(=O)O1. The first-order valence-electron chi connectivity index (χ1n) is 10.1. The number of cyclic esters (lactones) is 4. The molecule has 0 amide bonds. The monoisotopic (exact) mass is 400 g/mol. The number of esters is 4. The van der Waals surface area contributed by atoms with Gasteiger partial charge in [-0.3, -0.25) is 19.2 Å². The summed E-state index contributed by atoms with van der Waals surface area (Å²) in [5.41, 5.74) is 0. The Morgan fingerprint density at radius 2 is 0.857 bits per heavy atom. The largest absolute Gasteiger partial charge is 0.462 e. The second kappa shape index (κ2) is 14.0. The maximum absolute atomic E-state index is 11.8. The highest BCUT2D eigenvalue weighted by atomic mass is 16.6. The van der Waals surface area contributed by atoms with E-state index in [0.717, 1.165) is 0 Å². The molecule has 1 aliphatic heterocycles. The average Bonchev–Trinajstić information content (AvgIpc) is 2.63. The van der Waals surface area contributed by atoms with Crippen LogP contribution in [0.15, 0.2) is 0 Å². The van der Waals surface area contributed by atoms with Gasteiger partial charge in [0.15, 0.2) is 0 Å². The minimum Gasteiger partial charge on any atom is -0.462 e. The lowest BCUT2D eigenvalue weighted by Gasteiger charge is -2.14. The number of rotatable bonds is 0. The summed E-state index contributed by atoms with van der Waals surface area (Å²) < 4.78 is 20.6. The number of ether oxygens (including phenoxy) is 4. The Bertz CT molecular complexity index is 470. The van der Waals surface area contributed by atoms with Crippen LogP contribution in [0, 0.1) is 0 Å². The highest BCUT2D eigenvalue weighted by Crippen LogP contribution is 2.09. The van der Waals surface area contributed by atoms with E-state index in [1.807, 2.05) is 0 Å². The van der Waals surface area contributed by atoms with Crippen molar-refractivity contribution in [1.29, 1.82) is 0 Å². The van der Waals surface area contributed by atoms with Crippen molar-refractivity contribution in [1.82, 2.24) is 0 Å². The van der Waals surface area contributed by atoms with Crippen molar-refractivity contribution in [2.24, 2.45) is 0 Å². The van der Waals surface area contributed by atoms with Crippen molar-refractivity contribution in [3.63, 3.8) is 0 Å². The van der Waals surface area contributed by atoms with Gasteiger partial charge in [0, 0.05) is 25.7 Å². The van der Waals surface area contributed by atoms with Crippen LogP contribution < -0.4 is 0 Å². The molecule has 1 aliphatic rings. The Kier molecular flexibility index (Phi) is 11.9. The van der Waals surface area contributed by atoms with Gasteiger partial charge in [-0.05, 0) is 39.5 Å². The maximum atomic E-state index is 11.8. The Morgan fingerprint density at radius 1 is 0.536 bits per heavy atom. The lowest BCUT2D eigenvalue weighted by atomic mass is 10.1. The summed E-state index contributed by atoms with van der Waals surface area (Å²) in [6.45, 7) is 3.40. The highest BCUT2D eigenvalue weighted by molar-refractivity contribution is 5.71. The third kappa shape index (κ3) is 12.3. The Labute approximate surface area is 166 Å². The van der Waals surface area contributed by atoms with E-state index in [1.165, 1.54) is 0 Å². The van der Waals surface area contributed by atoms with E-state index in [0.29, 0.717) is 38.5 Å². The summed E-state index contributed by atoms with van der Waals surface area (Å²) in [5, 5.41) is 0. The minimum atomic E-state index is -0.499. The van der Waals surface area contributed by atoms with Gasteiger partial charge in [-0.15, -0.1) is 0 Å². The molecule has 1 rings (SSSR count). The number of hydrogen-bond acceptors (Lipinski definition) is 8. The van der Waals surface area contributed by atoms with Crippen LogP contribution in [-0.2, 0) is 38.1 Å². The summed E-state index contributed by atoms with van der Waals surface area (Å²) in [7, 11) is 0. The smallest absolute Gasteiger partial charge is 0.306 e. The topological polar surface area (TPSA) is 105 Å². The van der Waals surface area contributed by atoms with Gasteiger partial charge < -0.3 is 18.9 Å². The lowest BCUT2D eigenvalue weighted by Crippen LogP contribution is -2.22. The van der Waals surface area contributed by atoms with Crippen LogP contribution >= 0.6 is 0 Å². The Hall–Kier alpha value is -2.12. The third-order valence-corrected chi connectivity index (χ3v) is 4.15. The molecule has 2 atom stereocenters. The first-order valence-corrected chi connectivity index (χ1v) is 10.1. The van der Waals surface area contributed by atoms with Gasteiger partial charge in [0.05, 0.1) is 0 Å². The second-order valence-corrected chi connectivity index (χ2v) is 7.09. The zero-order valence-corrected chi connectivity index (χ0v) is 16.9. The molecule has 0 N–H and O–H groups in total. The van der Waals surface area contributed by atoms with E-state index in [1.54, 1.807) is 13.8 Å².